The highest BCUT2D eigenvalue weighted by atomic mass is 19.4. The fraction of sp³-hybridized carbons (Fsp3) is 0.333. The summed E-state index contributed by atoms with van der Waals surface area (Å²) in [6.45, 7) is 0.392. The van der Waals surface area contributed by atoms with Crippen molar-refractivity contribution >= 4 is 23.2 Å². The predicted molar refractivity (Wildman–Crippen MR) is 107 cm³/mol. The van der Waals surface area contributed by atoms with E-state index < -0.39 is 17.3 Å². The lowest BCUT2D eigenvalue weighted by molar-refractivity contribution is -0.137. The molecule has 4 N–H and O–H groups in total. The zero-order valence-corrected chi connectivity index (χ0v) is 16.4. The minimum Gasteiger partial charge on any atom is -0.355 e. The van der Waals surface area contributed by atoms with Gasteiger partial charge in [-0.2, -0.15) is 13.2 Å². The van der Waals surface area contributed by atoms with Crippen molar-refractivity contribution in [3.05, 3.63) is 59.7 Å². The molecule has 30 heavy (non-hydrogen) atoms. The number of carbonyl (C=O) groups excluding carboxylic acids is 2. The summed E-state index contributed by atoms with van der Waals surface area (Å²) in [5.74, 6) is -0.479. The van der Waals surface area contributed by atoms with E-state index in [0.717, 1.165) is 11.6 Å². The summed E-state index contributed by atoms with van der Waals surface area (Å²) >= 11 is 0. The van der Waals surface area contributed by atoms with Crippen molar-refractivity contribution in [2.75, 3.05) is 18.9 Å². The Morgan fingerprint density at radius 1 is 1.03 bits per heavy atom. The highest BCUT2D eigenvalue weighted by Gasteiger charge is 2.50. The van der Waals surface area contributed by atoms with Gasteiger partial charge in [-0.1, -0.05) is 24.3 Å². The Balaban J connectivity index is 1.57. The molecule has 0 atom stereocenters. The van der Waals surface area contributed by atoms with E-state index >= 15 is 0 Å². The average Bonchev–Trinajstić information content (AvgIpc) is 3.47. The Morgan fingerprint density at radius 3 is 2.30 bits per heavy atom. The Hall–Kier alpha value is -3.07. The number of anilines is 2. The third-order valence-corrected chi connectivity index (χ3v) is 4.82. The molecule has 0 saturated heterocycles. The molecule has 1 aliphatic carbocycles. The van der Waals surface area contributed by atoms with E-state index in [9.17, 15) is 22.8 Å². The molecule has 6 nitrogen and oxygen atoms in total. The summed E-state index contributed by atoms with van der Waals surface area (Å²) in [7, 11) is 1.65. The summed E-state index contributed by atoms with van der Waals surface area (Å²) in [6.07, 6.45) is -3.26. The van der Waals surface area contributed by atoms with E-state index in [1.165, 1.54) is 18.2 Å². The van der Waals surface area contributed by atoms with E-state index in [1.54, 1.807) is 31.3 Å². The van der Waals surface area contributed by atoms with Crippen LogP contribution >= 0.6 is 0 Å². The molecule has 0 radical (unpaired) electrons. The van der Waals surface area contributed by atoms with Crippen LogP contribution in [0, 0.1) is 0 Å². The van der Waals surface area contributed by atoms with Gasteiger partial charge in [0.05, 0.1) is 17.8 Å². The van der Waals surface area contributed by atoms with Crippen LogP contribution in [0.3, 0.4) is 0 Å². The van der Waals surface area contributed by atoms with Gasteiger partial charge >= 0.3 is 6.18 Å². The topological polar surface area (TPSA) is 82.3 Å². The molecule has 0 spiro atoms. The second-order valence-corrected chi connectivity index (χ2v) is 7.21. The van der Waals surface area contributed by atoms with Crippen LogP contribution in [0.4, 0.5) is 24.5 Å². The number of halogens is 3. The van der Waals surface area contributed by atoms with E-state index in [1.807, 2.05) is 0 Å². The minimum absolute atomic E-state index is 0.0287. The molecule has 2 amide bonds. The van der Waals surface area contributed by atoms with Crippen LogP contribution in [-0.4, -0.2) is 30.9 Å². The zero-order valence-electron chi connectivity index (χ0n) is 16.4. The molecule has 1 aliphatic rings. The molecule has 2 aromatic rings. The molecule has 1 fully saturated rings. The fourth-order valence-electron chi connectivity index (χ4n) is 3.06. The van der Waals surface area contributed by atoms with Crippen molar-refractivity contribution in [1.29, 1.82) is 0 Å². The summed E-state index contributed by atoms with van der Waals surface area (Å²) < 4.78 is 39.3. The number of rotatable bonds is 8. The Labute approximate surface area is 172 Å². The zero-order chi connectivity index (χ0) is 21.8. The minimum atomic E-state index is -4.45. The number of hydrogen-bond donors (Lipinski definition) is 4. The van der Waals surface area contributed by atoms with Crippen molar-refractivity contribution in [1.82, 2.24) is 16.0 Å². The first-order valence-corrected chi connectivity index (χ1v) is 9.50. The lowest BCUT2D eigenvalue weighted by atomic mass is 10.1. The summed E-state index contributed by atoms with van der Waals surface area (Å²) in [5.41, 5.74) is -0.318. The van der Waals surface area contributed by atoms with Crippen LogP contribution in [0.2, 0.25) is 0 Å². The Bertz CT molecular complexity index is 909. The number of para-hydroxylation sites is 1. The van der Waals surface area contributed by atoms with Crippen LogP contribution in [0.5, 0.6) is 0 Å². The molecule has 0 heterocycles. The predicted octanol–water partition coefficient (Wildman–Crippen LogP) is 2.93. The summed E-state index contributed by atoms with van der Waals surface area (Å²) in [5, 5.41) is 11.1. The first kappa shape index (κ1) is 21.6. The molecule has 0 aliphatic heterocycles. The summed E-state index contributed by atoms with van der Waals surface area (Å²) in [6, 6.07) is 12.0. The molecular weight excluding hydrogens is 397 g/mol. The third-order valence-electron chi connectivity index (χ3n) is 4.82. The Morgan fingerprint density at radius 2 is 1.70 bits per heavy atom. The van der Waals surface area contributed by atoms with Crippen molar-refractivity contribution in [3.8, 4) is 0 Å². The SMILES string of the molecule is CNCC(=O)NC1(C(=O)NCc2ccc(Nc3ccccc3C(F)(F)F)cc2)CC1. The van der Waals surface area contributed by atoms with Crippen molar-refractivity contribution in [2.24, 2.45) is 0 Å². The number of nitrogens with one attached hydrogen (secondary N) is 4. The van der Waals surface area contributed by atoms with E-state index in [4.69, 9.17) is 0 Å². The van der Waals surface area contributed by atoms with E-state index in [-0.39, 0.29) is 30.6 Å². The lowest BCUT2D eigenvalue weighted by Crippen LogP contribution is -2.50. The number of amides is 2. The average molecular weight is 420 g/mol. The number of likely N-dealkylation sites (N-methyl/N-ethyl adjacent to an activating group) is 1. The second kappa shape index (κ2) is 8.74. The molecule has 3 rings (SSSR count). The molecule has 1 saturated carbocycles. The highest BCUT2D eigenvalue weighted by molar-refractivity contribution is 5.94. The van der Waals surface area contributed by atoms with Gasteiger partial charge in [0.1, 0.15) is 5.54 Å². The number of alkyl halides is 3. The van der Waals surface area contributed by atoms with Gasteiger partial charge in [0.25, 0.3) is 0 Å². The molecule has 2 aromatic carbocycles. The second-order valence-electron chi connectivity index (χ2n) is 7.21. The van der Waals surface area contributed by atoms with Gasteiger partial charge in [0.15, 0.2) is 0 Å². The van der Waals surface area contributed by atoms with Gasteiger partial charge in [0, 0.05) is 12.2 Å². The van der Waals surface area contributed by atoms with Crippen molar-refractivity contribution in [3.63, 3.8) is 0 Å². The monoisotopic (exact) mass is 420 g/mol. The number of benzene rings is 2. The molecule has 0 aromatic heterocycles. The Kier molecular flexibility index (Phi) is 6.31. The van der Waals surface area contributed by atoms with E-state index in [2.05, 4.69) is 21.3 Å². The van der Waals surface area contributed by atoms with Crippen LogP contribution < -0.4 is 21.3 Å². The number of hydrogen-bond acceptors (Lipinski definition) is 4. The van der Waals surface area contributed by atoms with Gasteiger partial charge in [-0.3, -0.25) is 9.59 Å². The molecular formula is C21H23F3N4O2. The molecule has 9 heteroatoms. The van der Waals surface area contributed by atoms with Crippen LogP contribution in [-0.2, 0) is 22.3 Å². The third kappa shape index (κ3) is 5.29. The molecule has 160 valence electrons. The van der Waals surface area contributed by atoms with E-state index in [0.29, 0.717) is 18.5 Å². The first-order chi connectivity index (χ1) is 14.2. The highest BCUT2D eigenvalue weighted by Crippen LogP contribution is 2.36. The van der Waals surface area contributed by atoms with Gasteiger partial charge in [-0.05, 0) is 49.7 Å². The largest absolute Gasteiger partial charge is 0.418 e. The van der Waals surface area contributed by atoms with Gasteiger partial charge in [0.2, 0.25) is 11.8 Å². The standard InChI is InChI=1S/C21H23F3N4O2/c1-25-13-18(29)28-20(10-11-20)19(30)26-12-14-6-8-15(9-7-14)27-17-5-3-2-4-16(17)21(22,23)24/h2-9,25,27H,10-13H2,1H3,(H,26,30)(H,28,29). The quantitative estimate of drug-likeness (QED) is 0.529. The van der Waals surface area contributed by atoms with Crippen LogP contribution in [0.15, 0.2) is 48.5 Å². The van der Waals surface area contributed by atoms with Crippen LogP contribution in [0.25, 0.3) is 0 Å². The van der Waals surface area contributed by atoms with Crippen LogP contribution in [0.1, 0.15) is 24.0 Å². The van der Waals surface area contributed by atoms with Gasteiger partial charge in [-0.25, -0.2) is 0 Å². The lowest BCUT2D eigenvalue weighted by Gasteiger charge is -2.17. The molecule has 0 bridgehead atoms. The number of carbonyl (C=O) groups is 2. The summed E-state index contributed by atoms with van der Waals surface area (Å²) in [4.78, 5) is 24.1. The first-order valence-electron chi connectivity index (χ1n) is 9.50. The van der Waals surface area contributed by atoms with Gasteiger partial charge < -0.3 is 21.3 Å². The normalized spacial score (nSPS) is 14.7. The maximum Gasteiger partial charge on any atom is 0.418 e. The smallest absolute Gasteiger partial charge is 0.355 e. The van der Waals surface area contributed by atoms with Gasteiger partial charge in [-0.15, -0.1) is 0 Å². The van der Waals surface area contributed by atoms with Crippen molar-refractivity contribution < 1.29 is 22.8 Å². The molecule has 0 unspecified atom stereocenters. The maximum absolute atomic E-state index is 13.1. The fourth-order valence-corrected chi connectivity index (χ4v) is 3.06. The van der Waals surface area contributed by atoms with Crippen molar-refractivity contribution in [2.45, 2.75) is 31.1 Å². The maximum atomic E-state index is 13.1.